The van der Waals surface area contributed by atoms with Gasteiger partial charge < -0.3 is 9.47 Å². The molecule has 1 heterocycles. The normalized spacial score (nSPS) is 11.1. The molecule has 2 aromatic rings. The summed E-state index contributed by atoms with van der Waals surface area (Å²) in [5, 5.41) is 8.05. The molecule has 1 aromatic carbocycles. The average molecular weight is 248 g/mol. The second-order valence-corrected chi connectivity index (χ2v) is 4.28. The van der Waals surface area contributed by atoms with Crippen LogP contribution in [-0.4, -0.2) is 29.4 Å². The molecule has 96 valence electrons. The lowest BCUT2D eigenvalue weighted by Gasteiger charge is -2.05. The highest BCUT2D eigenvalue weighted by molar-refractivity contribution is 5.94. The van der Waals surface area contributed by atoms with Gasteiger partial charge in [-0.15, -0.1) is 0 Å². The highest BCUT2D eigenvalue weighted by Crippen LogP contribution is 2.19. The van der Waals surface area contributed by atoms with Crippen LogP contribution in [0.3, 0.4) is 0 Å². The van der Waals surface area contributed by atoms with Gasteiger partial charge in [0.15, 0.2) is 0 Å². The van der Waals surface area contributed by atoms with Crippen molar-refractivity contribution in [1.29, 1.82) is 0 Å². The van der Waals surface area contributed by atoms with Crippen LogP contribution in [0.25, 0.3) is 10.9 Å². The quantitative estimate of drug-likeness (QED) is 0.843. The van der Waals surface area contributed by atoms with Crippen molar-refractivity contribution < 1.29 is 14.3 Å². The third kappa shape index (κ3) is 2.51. The monoisotopic (exact) mass is 248 g/mol. The Morgan fingerprint density at radius 3 is 2.89 bits per heavy atom. The number of fused-ring (bicyclic) bond motifs is 1. The van der Waals surface area contributed by atoms with Crippen LogP contribution in [0.5, 0.6) is 0 Å². The fourth-order valence-electron chi connectivity index (χ4n) is 1.68. The van der Waals surface area contributed by atoms with E-state index in [1.165, 1.54) is 7.11 Å². The third-order valence-electron chi connectivity index (χ3n) is 2.62. The molecule has 18 heavy (non-hydrogen) atoms. The van der Waals surface area contributed by atoms with Crippen LogP contribution >= 0.6 is 0 Å². The Bertz CT molecular complexity index is 560. The zero-order valence-corrected chi connectivity index (χ0v) is 10.7. The van der Waals surface area contributed by atoms with E-state index < -0.39 is 0 Å². The molecule has 5 heteroatoms. The number of H-pyrrole nitrogens is 1. The molecule has 0 spiro atoms. The van der Waals surface area contributed by atoms with Gasteiger partial charge >= 0.3 is 5.97 Å². The van der Waals surface area contributed by atoms with Gasteiger partial charge in [0.1, 0.15) is 0 Å². The Balaban J connectivity index is 2.29. The number of nitrogens with one attached hydrogen (secondary N) is 1. The Hall–Kier alpha value is -1.88. The van der Waals surface area contributed by atoms with Gasteiger partial charge in [-0.1, -0.05) is 0 Å². The molecule has 5 nitrogen and oxygen atoms in total. The summed E-state index contributed by atoms with van der Waals surface area (Å²) in [5.41, 5.74) is 2.15. The van der Waals surface area contributed by atoms with Gasteiger partial charge in [-0.3, -0.25) is 5.10 Å². The van der Waals surface area contributed by atoms with Gasteiger partial charge in [-0.2, -0.15) is 5.10 Å². The summed E-state index contributed by atoms with van der Waals surface area (Å²) < 4.78 is 10.2. The summed E-state index contributed by atoms with van der Waals surface area (Å²) in [7, 11) is 1.36. The van der Waals surface area contributed by atoms with E-state index in [2.05, 4.69) is 14.9 Å². The largest absolute Gasteiger partial charge is 0.465 e. The number of rotatable bonds is 4. The van der Waals surface area contributed by atoms with E-state index in [-0.39, 0.29) is 12.1 Å². The topological polar surface area (TPSA) is 64.2 Å². The van der Waals surface area contributed by atoms with Gasteiger partial charge in [0.05, 0.1) is 36.6 Å². The second kappa shape index (κ2) is 5.18. The van der Waals surface area contributed by atoms with Crippen molar-refractivity contribution in [1.82, 2.24) is 10.2 Å². The second-order valence-electron chi connectivity index (χ2n) is 4.28. The first-order valence-electron chi connectivity index (χ1n) is 5.78. The number of aromatic amines is 1. The SMILES string of the molecule is COC(=O)c1ccc2c(COC(C)C)n[nH]c2c1. The van der Waals surface area contributed by atoms with E-state index >= 15 is 0 Å². The molecule has 1 N–H and O–H groups in total. The molecule has 0 saturated heterocycles. The molecule has 0 atom stereocenters. The van der Waals surface area contributed by atoms with Crippen LogP contribution in [0.4, 0.5) is 0 Å². The summed E-state index contributed by atoms with van der Waals surface area (Å²) in [6.45, 7) is 4.41. The molecule has 0 aliphatic heterocycles. The number of benzene rings is 1. The lowest BCUT2D eigenvalue weighted by Crippen LogP contribution is -2.03. The smallest absolute Gasteiger partial charge is 0.337 e. The molecule has 0 aliphatic carbocycles. The highest BCUT2D eigenvalue weighted by Gasteiger charge is 2.10. The number of aromatic nitrogens is 2. The van der Waals surface area contributed by atoms with Crippen molar-refractivity contribution in [3.63, 3.8) is 0 Å². The lowest BCUT2D eigenvalue weighted by molar-refractivity contribution is 0.0600. The fraction of sp³-hybridized carbons (Fsp3) is 0.385. The van der Waals surface area contributed by atoms with E-state index in [1.54, 1.807) is 12.1 Å². The Labute approximate surface area is 105 Å². The van der Waals surface area contributed by atoms with Crippen LogP contribution in [0.1, 0.15) is 29.9 Å². The van der Waals surface area contributed by atoms with E-state index in [4.69, 9.17) is 4.74 Å². The summed E-state index contributed by atoms with van der Waals surface area (Å²) in [6, 6.07) is 5.31. The maximum Gasteiger partial charge on any atom is 0.337 e. The molecule has 0 amide bonds. The Morgan fingerprint density at radius 2 is 2.22 bits per heavy atom. The van der Waals surface area contributed by atoms with Crippen LogP contribution in [0.15, 0.2) is 18.2 Å². The summed E-state index contributed by atoms with van der Waals surface area (Å²) in [6.07, 6.45) is 0.158. The summed E-state index contributed by atoms with van der Waals surface area (Å²) in [5.74, 6) is -0.355. The predicted molar refractivity (Wildman–Crippen MR) is 67.4 cm³/mol. The van der Waals surface area contributed by atoms with Crippen LogP contribution in [-0.2, 0) is 16.1 Å². The molecule has 0 unspecified atom stereocenters. The minimum absolute atomic E-state index is 0.158. The molecular weight excluding hydrogens is 232 g/mol. The minimum Gasteiger partial charge on any atom is -0.465 e. The molecule has 2 rings (SSSR count). The van der Waals surface area contributed by atoms with Crippen LogP contribution in [0, 0.1) is 0 Å². The Kier molecular flexibility index (Phi) is 3.62. The van der Waals surface area contributed by atoms with Crippen molar-refractivity contribution in [3.8, 4) is 0 Å². The first-order valence-corrected chi connectivity index (χ1v) is 5.78. The summed E-state index contributed by atoms with van der Waals surface area (Å²) in [4.78, 5) is 11.4. The standard InChI is InChI=1S/C13H16N2O3/c1-8(2)18-7-12-10-5-4-9(13(16)17-3)6-11(10)14-15-12/h4-6,8H,7H2,1-3H3,(H,14,15). The number of ether oxygens (including phenoxy) is 2. The lowest BCUT2D eigenvalue weighted by atomic mass is 10.1. The first kappa shape index (κ1) is 12.6. The van der Waals surface area contributed by atoms with Gasteiger partial charge in [0.2, 0.25) is 0 Å². The summed E-state index contributed by atoms with van der Waals surface area (Å²) >= 11 is 0. The van der Waals surface area contributed by atoms with Gasteiger partial charge in [-0.05, 0) is 32.0 Å². The number of hydrogen-bond acceptors (Lipinski definition) is 4. The zero-order chi connectivity index (χ0) is 13.1. The number of esters is 1. The third-order valence-corrected chi connectivity index (χ3v) is 2.62. The molecule has 1 aromatic heterocycles. The molecule has 0 bridgehead atoms. The maximum atomic E-state index is 11.4. The number of hydrogen-bond donors (Lipinski definition) is 1. The van der Waals surface area contributed by atoms with E-state index in [0.717, 1.165) is 16.6 Å². The minimum atomic E-state index is -0.355. The van der Waals surface area contributed by atoms with Gasteiger partial charge in [-0.25, -0.2) is 4.79 Å². The molecule has 0 aliphatic rings. The first-order chi connectivity index (χ1) is 8.61. The van der Waals surface area contributed by atoms with Crippen molar-refractivity contribution in [2.24, 2.45) is 0 Å². The highest BCUT2D eigenvalue weighted by atomic mass is 16.5. The fourth-order valence-corrected chi connectivity index (χ4v) is 1.68. The zero-order valence-electron chi connectivity index (χ0n) is 10.7. The number of carbonyl (C=O) groups is 1. The van der Waals surface area contributed by atoms with E-state index in [1.807, 2.05) is 19.9 Å². The molecule has 0 saturated carbocycles. The van der Waals surface area contributed by atoms with Crippen molar-refractivity contribution in [2.75, 3.05) is 7.11 Å². The van der Waals surface area contributed by atoms with Crippen molar-refractivity contribution in [2.45, 2.75) is 26.6 Å². The predicted octanol–water partition coefficient (Wildman–Crippen LogP) is 2.27. The number of methoxy groups -OCH3 is 1. The molecule has 0 fully saturated rings. The maximum absolute atomic E-state index is 11.4. The van der Waals surface area contributed by atoms with Crippen molar-refractivity contribution in [3.05, 3.63) is 29.5 Å². The molecule has 0 radical (unpaired) electrons. The van der Waals surface area contributed by atoms with Crippen LogP contribution in [0.2, 0.25) is 0 Å². The van der Waals surface area contributed by atoms with E-state index in [9.17, 15) is 4.79 Å². The van der Waals surface area contributed by atoms with E-state index in [0.29, 0.717) is 12.2 Å². The van der Waals surface area contributed by atoms with Gasteiger partial charge in [0.25, 0.3) is 0 Å². The number of carbonyl (C=O) groups excluding carboxylic acids is 1. The Morgan fingerprint density at radius 1 is 1.44 bits per heavy atom. The number of nitrogens with zero attached hydrogens (tertiary/aromatic N) is 1. The average Bonchev–Trinajstić information content (AvgIpc) is 2.77. The van der Waals surface area contributed by atoms with Crippen LogP contribution < -0.4 is 0 Å². The molecular formula is C13H16N2O3. The van der Waals surface area contributed by atoms with Gasteiger partial charge in [0, 0.05) is 5.39 Å². The van der Waals surface area contributed by atoms with Crippen molar-refractivity contribution >= 4 is 16.9 Å².